The van der Waals surface area contributed by atoms with Gasteiger partial charge in [-0.15, -0.1) is 0 Å². The summed E-state index contributed by atoms with van der Waals surface area (Å²) in [6, 6.07) is 16.7. The second-order valence-corrected chi connectivity index (χ2v) is 9.34. The predicted molar refractivity (Wildman–Crippen MR) is 127 cm³/mol. The fourth-order valence-electron chi connectivity index (χ4n) is 3.72. The molecule has 32 heavy (non-hydrogen) atoms. The molecule has 0 fully saturated rings. The van der Waals surface area contributed by atoms with E-state index in [1.54, 1.807) is 17.0 Å². The molecule has 166 valence electrons. The molecular weight excluding hydrogens is 402 g/mol. The average molecular weight is 432 g/mol. The van der Waals surface area contributed by atoms with Crippen LogP contribution in [0, 0.1) is 11.3 Å². The van der Waals surface area contributed by atoms with E-state index in [2.05, 4.69) is 24.1 Å². The van der Waals surface area contributed by atoms with E-state index in [1.807, 2.05) is 56.3 Å². The fourth-order valence-corrected chi connectivity index (χ4v) is 3.72. The first-order valence-electron chi connectivity index (χ1n) is 11.0. The number of para-hydroxylation sites is 1. The van der Waals surface area contributed by atoms with Gasteiger partial charge in [-0.3, -0.25) is 9.59 Å². The van der Waals surface area contributed by atoms with Crippen LogP contribution in [0.1, 0.15) is 44.6 Å². The highest BCUT2D eigenvalue weighted by Crippen LogP contribution is 2.38. The van der Waals surface area contributed by atoms with E-state index in [9.17, 15) is 9.59 Å². The smallest absolute Gasteiger partial charge is 0.274 e. The maximum atomic E-state index is 13.3. The van der Waals surface area contributed by atoms with Crippen molar-refractivity contribution >= 4 is 34.1 Å². The molecule has 6 nitrogen and oxygen atoms in total. The van der Waals surface area contributed by atoms with Gasteiger partial charge >= 0.3 is 0 Å². The van der Waals surface area contributed by atoms with E-state index < -0.39 is 5.41 Å². The Bertz CT molecular complexity index is 1170. The number of anilines is 2. The fraction of sp³-hybridized carbons (Fsp3) is 0.346. The number of benzene rings is 2. The van der Waals surface area contributed by atoms with Crippen LogP contribution in [-0.4, -0.2) is 29.9 Å². The first kappa shape index (κ1) is 21.8. The number of aromatic nitrogens is 1. The number of rotatable bonds is 5. The lowest BCUT2D eigenvalue weighted by Gasteiger charge is -2.28. The lowest BCUT2D eigenvalue weighted by Crippen LogP contribution is -2.42. The summed E-state index contributed by atoms with van der Waals surface area (Å²) >= 11 is 0. The first-order chi connectivity index (χ1) is 15.2. The number of carbonyl (C=O) groups is 2. The molecule has 2 aromatic carbocycles. The summed E-state index contributed by atoms with van der Waals surface area (Å²) in [5, 5.41) is 3.90. The van der Waals surface area contributed by atoms with Gasteiger partial charge < -0.3 is 15.0 Å². The van der Waals surface area contributed by atoms with Gasteiger partial charge in [0.15, 0.2) is 0 Å². The summed E-state index contributed by atoms with van der Waals surface area (Å²) in [7, 11) is 0. The van der Waals surface area contributed by atoms with Gasteiger partial charge in [0.2, 0.25) is 5.91 Å². The van der Waals surface area contributed by atoms with Crippen molar-refractivity contribution in [2.75, 3.05) is 23.4 Å². The monoisotopic (exact) mass is 431 g/mol. The minimum atomic E-state index is -0.631. The van der Waals surface area contributed by atoms with Crippen molar-refractivity contribution in [1.29, 1.82) is 0 Å². The molecule has 1 N–H and O–H groups in total. The Hall–Kier alpha value is -3.41. The molecule has 1 aliphatic rings. The third-order valence-electron chi connectivity index (χ3n) is 5.68. The summed E-state index contributed by atoms with van der Waals surface area (Å²) in [4.78, 5) is 32.4. The van der Waals surface area contributed by atoms with Crippen molar-refractivity contribution in [2.45, 2.75) is 34.1 Å². The van der Waals surface area contributed by atoms with Gasteiger partial charge in [-0.05, 0) is 56.5 Å². The van der Waals surface area contributed by atoms with E-state index in [1.165, 1.54) is 0 Å². The molecule has 6 heteroatoms. The summed E-state index contributed by atoms with van der Waals surface area (Å²) in [6.45, 7) is 8.98. The quantitative estimate of drug-likeness (QED) is 0.596. The lowest BCUT2D eigenvalue weighted by molar-refractivity contribution is -0.127. The molecule has 0 radical (unpaired) electrons. The molecule has 0 spiro atoms. The first-order valence-corrected chi connectivity index (χ1v) is 11.0. The van der Waals surface area contributed by atoms with Gasteiger partial charge in [0.1, 0.15) is 18.1 Å². The van der Waals surface area contributed by atoms with Gasteiger partial charge in [0.25, 0.3) is 5.91 Å². The van der Waals surface area contributed by atoms with Crippen molar-refractivity contribution in [2.24, 2.45) is 11.3 Å². The maximum Gasteiger partial charge on any atom is 0.274 e. The Morgan fingerprint density at radius 1 is 1.16 bits per heavy atom. The Balaban J connectivity index is 1.63. The summed E-state index contributed by atoms with van der Waals surface area (Å²) < 4.78 is 5.98. The van der Waals surface area contributed by atoms with E-state index in [0.29, 0.717) is 41.9 Å². The minimum absolute atomic E-state index is 0.0246. The summed E-state index contributed by atoms with van der Waals surface area (Å²) in [5.74, 6) is 0.831. The lowest BCUT2D eigenvalue weighted by atomic mass is 9.92. The van der Waals surface area contributed by atoms with E-state index in [-0.39, 0.29) is 11.8 Å². The predicted octanol–water partition coefficient (Wildman–Crippen LogP) is 5.28. The topological polar surface area (TPSA) is 71.5 Å². The van der Waals surface area contributed by atoms with Crippen LogP contribution in [0.4, 0.5) is 11.4 Å². The maximum absolute atomic E-state index is 13.3. The van der Waals surface area contributed by atoms with E-state index >= 15 is 0 Å². The van der Waals surface area contributed by atoms with Crippen LogP contribution in [0.15, 0.2) is 54.6 Å². The van der Waals surface area contributed by atoms with Crippen molar-refractivity contribution in [3.05, 3.63) is 60.3 Å². The van der Waals surface area contributed by atoms with Gasteiger partial charge in [0.05, 0.1) is 16.6 Å². The summed E-state index contributed by atoms with van der Waals surface area (Å²) in [5.41, 5.74) is 1.75. The second kappa shape index (κ2) is 8.61. The van der Waals surface area contributed by atoms with E-state index in [0.717, 1.165) is 17.3 Å². The number of hydrogen-bond acceptors (Lipinski definition) is 4. The van der Waals surface area contributed by atoms with Gasteiger partial charge in [-0.25, -0.2) is 4.98 Å². The third kappa shape index (κ3) is 4.44. The van der Waals surface area contributed by atoms with Crippen molar-refractivity contribution in [3.8, 4) is 5.75 Å². The highest BCUT2D eigenvalue weighted by molar-refractivity contribution is 6.05. The molecule has 0 bridgehead atoms. The highest BCUT2D eigenvalue weighted by Gasteiger charge is 2.37. The molecule has 0 saturated carbocycles. The van der Waals surface area contributed by atoms with Crippen molar-refractivity contribution in [3.63, 3.8) is 0 Å². The van der Waals surface area contributed by atoms with Crippen molar-refractivity contribution < 1.29 is 14.3 Å². The molecule has 0 aliphatic carbocycles. The number of nitrogens with one attached hydrogen (secondary N) is 1. The molecule has 0 saturated heterocycles. The Morgan fingerprint density at radius 2 is 1.94 bits per heavy atom. The number of carbonyl (C=O) groups excluding carboxylic acids is 2. The zero-order chi connectivity index (χ0) is 22.9. The molecule has 0 unspecified atom stereocenters. The summed E-state index contributed by atoms with van der Waals surface area (Å²) in [6.07, 6.45) is 0.874. The molecule has 3 aromatic rings. The largest absolute Gasteiger partial charge is 0.490 e. The van der Waals surface area contributed by atoms with Crippen LogP contribution in [0.25, 0.3) is 10.9 Å². The van der Waals surface area contributed by atoms with Gasteiger partial charge in [-0.2, -0.15) is 0 Å². The van der Waals surface area contributed by atoms with Crippen LogP contribution >= 0.6 is 0 Å². The van der Waals surface area contributed by atoms with Crippen LogP contribution in [0.3, 0.4) is 0 Å². The number of amides is 2. The Kier molecular flexibility index (Phi) is 5.87. The number of fused-ring (bicyclic) bond motifs is 2. The number of pyridine rings is 1. The van der Waals surface area contributed by atoms with E-state index in [4.69, 9.17) is 4.74 Å². The SMILES string of the molecule is CC(C)CCN1C(=O)C(C)(C)COc2ccc(NC(=O)c3ccc4ccccc4n3)cc21. The second-order valence-electron chi connectivity index (χ2n) is 9.34. The standard InChI is InChI=1S/C26H29N3O3/c1-17(2)13-14-29-22-15-19(10-12-23(22)32-16-26(3,4)25(29)31)27-24(30)21-11-9-18-7-5-6-8-20(18)28-21/h5-12,15,17H,13-14,16H2,1-4H3,(H,27,30). The average Bonchev–Trinajstić information content (AvgIpc) is 2.86. The van der Waals surface area contributed by atoms with Crippen LogP contribution in [-0.2, 0) is 4.79 Å². The number of nitrogens with zero attached hydrogens (tertiary/aromatic N) is 2. The zero-order valence-electron chi connectivity index (χ0n) is 19.0. The number of ether oxygens (including phenoxy) is 1. The Labute approximate surface area is 188 Å². The Morgan fingerprint density at radius 3 is 2.72 bits per heavy atom. The molecule has 2 heterocycles. The minimum Gasteiger partial charge on any atom is -0.490 e. The van der Waals surface area contributed by atoms with Gasteiger partial charge in [0, 0.05) is 17.6 Å². The third-order valence-corrected chi connectivity index (χ3v) is 5.68. The van der Waals surface area contributed by atoms with Crippen LogP contribution in [0.2, 0.25) is 0 Å². The van der Waals surface area contributed by atoms with Crippen LogP contribution < -0.4 is 15.0 Å². The highest BCUT2D eigenvalue weighted by atomic mass is 16.5. The molecule has 4 rings (SSSR count). The molecule has 1 aliphatic heterocycles. The molecule has 0 atom stereocenters. The van der Waals surface area contributed by atoms with Gasteiger partial charge in [-0.1, -0.05) is 38.1 Å². The number of hydrogen-bond donors (Lipinski definition) is 1. The zero-order valence-corrected chi connectivity index (χ0v) is 19.0. The molecule has 1 aromatic heterocycles. The molecular formula is C26H29N3O3. The molecule has 2 amide bonds. The van der Waals surface area contributed by atoms with Crippen molar-refractivity contribution in [1.82, 2.24) is 4.98 Å². The normalized spacial score (nSPS) is 15.3. The van der Waals surface area contributed by atoms with Crippen LogP contribution in [0.5, 0.6) is 5.75 Å².